The number of nitrogens with zero attached hydrogens (tertiary/aromatic N) is 1. The molecule has 0 aliphatic carbocycles. The number of pyridine rings is 1. The third-order valence-electron chi connectivity index (χ3n) is 1.64. The topological polar surface area (TPSA) is 49.0 Å². The minimum Gasteiger partial charge on any atom is -0.341 e. The van der Waals surface area contributed by atoms with Crippen molar-refractivity contribution in [3.05, 3.63) is 30.1 Å². The number of hydrazine groups is 1. The van der Waals surface area contributed by atoms with Gasteiger partial charge in [-0.25, -0.2) is 5.43 Å². The fourth-order valence-electron chi connectivity index (χ4n) is 1.06. The van der Waals surface area contributed by atoms with Crippen LogP contribution in [0.2, 0.25) is 0 Å². The predicted molar refractivity (Wildman–Crippen MR) is 49.0 cm³/mol. The Bertz CT molecular complexity index is 287. The lowest BCUT2D eigenvalue weighted by molar-refractivity contribution is 0.554. The zero-order valence-electron chi connectivity index (χ0n) is 6.24. The van der Waals surface area contributed by atoms with E-state index in [9.17, 15) is 0 Å². The molecule has 1 aromatic rings. The van der Waals surface area contributed by atoms with Gasteiger partial charge in [-0.15, -0.1) is 0 Å². The Morgan fingerprint density at radius 3 is 2.67 bits per heavy atom. The van der Waals surface area contributed by atoms with Crippen LogP contribution < -0.4 is 16.2 Å². The minimum absolute atomic E-state index is 0.0560. The summed E-state index contributed by atoms with van der Waals surface area (Å²) in [7, 11) is 0. The maximum absolute atomic E-state index is 4.90. The van der Waals surface area contributed by atoms with E-state index in [4.69, 9.17) is 12.2 Å². The highest BCUT2D eigenvalue weighted by Crippen LogP contribution is 2.09. The summed E-state index contributed by atoms with van der Waals surface area (Å²) in [6, 6.07) is 3.86. The van der Waals surface area contributed by atoms with Crippen LogP contribution in [0.15, 0.2) is 24.5 Å². The van der Waals surface area contributed by atoms with E-state index in [1.165, 1.54) is 0 Å². The Morgan fingerprint density at radius 1 is 1.33 bits per heavy atom. The van der Waals surface area contributed by atoms with Gasteiger partial charge in [-0.3, -0.25) is 10.4 Å². The van der Waals surface area contributed by atoms with Gasteiger partial charge in [-0.05, 0) is 29.9 Å². The van der Waals surface area contributed by atoms with E-state index < -0.39 is 0 Å². The highest BCUT2D eigenvalue weighted by Gasteiger charge is 2.17. The van der Waals surface area contributed by atoms with Crippen LogP contribution in [-0.4, -0.2) is 10.1 Å². The third kappa shape index (κ3) is 1.37. The first kappa shape index (κ1) is 7.45. The summed E-state index contributed by atoms with van der Waals surface area (Å²) in [5.74, 6) is 0. The Labute approximate surface area is 75.4 Å². The van der Waals surface area contributed by atoms with E-state index in [1.807, 2.05) is 12.1 Å². The first-order valence-electron chi connectivity index (χ1n) is 3.58. The van der Waals surface area contributed by atoms with E-state index in [2.05, 4.69) is 21.2 Å². The van der Waals surface area contributed by atoms with Crippen LogP contribution in [0.3, 0.4) is 0 Å². The standard InChI is InChI=1S/C7H8N4S/c12-7-9-6(10-11-7)5-1-3-8-4-2-5/h1-4,6,10H,(H2,9,11,12). The largest absolute Gasteiger partial charge is 0.341 e. The van der Waals surface area contributed by atoms with Crippen LogP contribution in [0.1, 0.15) is 11.7 Å². The normalized spacial score (nSPS) is 21.7. The highest BCUT2D eigenvalue weighted by molar-refractivity contribution is 7.80. The maximum atomic E-state index is 4.90. The molecule has 1 atom stereocenters. The molecule has 3 N–H and O–H groups in total. The molecule has 1 aliphatic rings. The Morgan fingerprint density at radius 2 is 2.08 bits per heavy atom. The summed E-state index contributed by atoms with van der Waals surface area (Å²) in [5.41, 5.74) is 6.92. The monoisotopic (exact) mass is 180 g/mol. The molecule has 0 saturated carbocycles. The van der Waals surface area contributed by atoms with Gasteiger partial charge < -0.3 is 5.32 Å². The van der Waals surface area contributed by atoms with Gasteiger partial charge >= 0.3 is 0 Å². The minimum atomic E-state index is 0.0560. The van der Waals surface area contributed by atoms with Gasteiger partial charge in [0.15, 0.2) is 5.11 Å². The SMILES string of the molecule is S=C1NNC(c2ccncc2)N1. The second-order valence-corrected chi connectivity index (χ2v) is 2.86. The van der Waals surface area contributed by atoms with Gasteiger partial charge in [0.25, 0.3) is 0 Å². The average Bonchev–Trinajstić information content (AvgIpc) is 2.54. The van der Waals surface area contributed by atoms with Crippen molar-refractivity contribution in [2.75, 3.05) is 0 Å². The van der Waals surface area contributed by atoms with Gasteiger partial charge in [0, 0.05) is 12.4 Å². The third-order valence-corrected chi connectivity index (χ3v) is 1.86. The molecule has 2 rings (SSSR count). The van der Waals surface area contributed by atoms with Gasteiger partial charge in [0.05, 0.1) is 0 Å². The number of aromatic nitrogens is 1. The smallest absolute Gasteiger partial charge is 0.182 e. The maximum Gasteiger partial charge on any atom is 0.182 e. The van der Waals surface area contributed by atoms with E-state index in [0.29, 0.717) is 5.11 Å². The van der Waals surface area contributed by atoms with Crippen LogP contribution in [0, 0.1) is 0 Å². The lowest BCUT2D eigenvalue weighted by atomic mass is 10.2. The van der Waals surface area contributed by atoms with Crippen LogP contribution in [-0.2, 0) is 0 Å². The van der Waals surface area contributed by atoms with Crippen LogP contribution in [0.5, 0.6) is 0 Å². The first-order chi connectivity index (χ1) is 5.86. The van der Waals surface area contributed by atoms with Gasteiger partial charge in [-0.1, -0.05) is 0 Å². The Balaban J connectivity index is 2.16. The second-order valence-electron chi connectivity index (χ2n) is 2.46. The molecular weight excluding hydrogens is 172 g/mol. The van der Waals surface area contributed by atoms with E-state index in [1.54, 1.807) is 12.4 Å². The molecule has 5 heteroatoms. The van der Waals surface area contributed by atoms with Crippen LogP contribution in [0.25, 0.3) is 0 Å². The molecule has 4 nitrogen and oxygen atoms in total. The summed E-state index contributed by atoms with van der Waals surface area (Å²) in [4.78, 5) is 3.93. The predicted octanol–water partition coefficient (Wildman–Crippen LogP) is 0.0625. The first-order valence-corrected chi connectivity index (χ1v) is 3.99. The van der Waals surface area contributed by atoms with Gasteiger partial charge in [0.1, 0.15) is 6.17 Å². The summed E-state index contributed by atoms with van der Waals surface area (Å²) < 4.78 is 0. The zero-order valence-corrected chi connectivity index (χ0v) is 7.06. The van der Waals surface area contributed by atoms with E-state index in [0.717, 1.165) is 5.56 Å². The lowest BCUT2D eigenvalue weighted by Gasteiger charge is -2.08. The molecule has 0 amide bonds. The van der Waals surface area contributed by atoms with Crippen molar-refractivity contribution >= 4 is 17.3 Å². The van der Waals surface area contributed by atoms with Gasteiger partial charge in [-0.2, -0.15) is 0 Å². The highest BCUT2D eigenvalue weighted by atomic mass is 32.1. The molecule has 12 heavy (non-hydrogen) atoms. The van der Waals surface area contributed by atoms with Crippen molar-refractivity contribution in [2.24, 2.45) is 0 Å². The quantitative estimate of drug-likeness (QED) is 0.534. The number of hydrogen-bond donors (Lipinski definition) is 3. The van der Waals surface area contributed by atoms with Gasteiger partial charge in [0.2, 0.25) is 0 Å². The summed E-state index contributed by atoms with van der Waals surface area (Å²) >= 11 is 4.90. The molecule has 1 saturated heterocycles. The van der Waals surface area contributed by atoms with Crippen molar-refractivity contribution in [3.63, 3.8) is 0 Å². The molecule has 1 unspecified atom stereocenters. The summed E-state index contributed by atoms with van der Waals surface area (Å²) in [6.45, 7) is 0. The molecule has 0 bridgehead atoms. The van der Waals surface area contributed by atoms with Crippen molar-refractivity contribution in [3.8, 4) is 0 Å². The molecule has 1 aliphatic heterocycles. The summed E-state index contributed by atoms with van der Waals surface area (Å²) in [6.07, 6.45) is 3.56. The molecule has 0 radical (unpaired) electrons. The fraction of sp³-hybridized carbons (Fsp3) is 0.143. The van der Waals surface area contributed by atoms with Crippen LogP contribution >= 0.6 is 12.2 Å². The van der Waals surface area contributed by atoms with E-state index in [-0.39, 0.29) is 6.17 Å². The molecular formula is C7H8N4S. The molecule has 1 aromatic heterocycles. The number of nitrogens with one attached hydrogen (secondary N) is 3. The molecule has 0 aromatic carbocycles. The van der Waals surface area contributed by atoms with Crippen LogP contribution in [0.4, 0.5) is 0 Å². The zero-order chi connectivity index (χ0) is 8.39. The molecule has 62 valence electrons. The second kappa shape index (κ2) is 3.04. The fourth-order valence-corrected chi connectivity index (χ4v) is 1.24. The average molecular weight is 180 g/mol. The number of rotatable bonds is 1. The number of thiocarbonyl (C=S) groups is 1. The van der Waals surface area contributed by atoms with Crippen molar-refractivity contribution in [2.45, 2.75) is 6.17 Å². The lowest BCUT2D eigenvalue weighted by Crippen LogP contribution is -2.26. The molecule has 2 heterocycles. The van der Waals surface area contributed by atoms with Crippen molar-refractivity contribution < 1.29 is 0 Å². The van der Waals surface area contributed by atoms with E-state index >= 15 is 0 Å². The summed E-state index contributed by atoms with van der Waals surface area (Å²) in [5, 5.41) is 3.67. The molecule has 1 fully saturated rings. The Kier molecular flexibility index (Phi) is 1.89. The van der Waals surface area contributed by atoms with Crippen molar-refractivity contribution in [1.82, 2.24) is 21.2 Å². The van der Waals surface area contributed by atoms with Crippen molar-refractivity contribution in [1.29, 1.82) is 0 Å². The number of hydrogen-bond acceptors (Lipinski definition) is 3. The molecule has 0 spiro atoms. The Hall–Kier alpha value is -1.20.